The van der Waals surface area contributed by atoms with Crippen LogP contribution in [0.2, 0.25) is 0 Å². The van der Waals surface area contributed by atoms with Gasteiger partial charge in [-0.15, -0.1) is 0 Å². The van der Waals surface area contributed by atoms with Crippen LogP contribution in [0.15, 0.2) is 28.7 Å². The Labute approximate surface area is 126 Å². The highest BCUT2D eigenvalue weighted by molar-refractivity contribution is 9.10. The van der Waals surface area contributed by atoms with E-state index in [1.54, 1.807) is 0 Å². The predicted octanol–water partition coefficient (Wildman–Crippen LogP) is 3.45. The molecule has 1 aliphatic rings. The van der Waals surface area contributed by atoms with Crippen LogP contribution in [0.4, 0.5) is 17.3 Å². The number of anilines is 3. The van der Waals surface area contributed by atoms with Gasteiger partial charge in [-0.3, -0.25) is 0 Å². The summed E-state index contributed by atoms with van der Waals surface area (Å²) in [6, 6.07) is 7.90. The minimum atomic E-state index is 0.482. The molecule has 0 spiro atoms. The van der Waals surface area contributed by atoms with Crippen molar-refractivity contribution in [3.05, 3.63) is 40.1 Å². The van der Waals surface area contributed by atoms with Gasteiger partial charge >= 0.3 is 0 Å². The number of benzene rings is 1. The van der Waals surface area contributed by atoms with Gasteiger partial charge in [0, 0.05) is 22.1 Å². The molecule has 1 aliphatic carbocycles. The Morgan fingerprint density at radius 2 is 1.95 bits per heavy atom. The number of nitrogens with one attached hydrogen (secondary N) is 2. The highest BCUT2D eigenvalue weighted by Crippen LogP contribution is 2.39. The zero-order valence-corrected chi connectivity index (χ0v) is 12.7. The maximum Gasteiger partial charge on any atom is 0.145 e. The fourth-order valence-electron chi connectivity index (χ4n) is 2.00. The van der Waals surface area contributed by atoms with Crippen molar-refractivity contribution in [1.29, 1.82) is 0 Å². The number of hydrazine groups is 1. The second-order valence-corrected chi connectivity index (χ2v) is 5.86. The van der Waals surface area contributed by atoms with Crippen LogP contribution in [0.5, 0.6) is 0 Å². The third kappa shape index (κ3) is 2.91. The van der Waals surface area contributed by atoms with Gasteiger partial charge in [-0.2, -0.15) is 0 Å². The molecule has 1 aromatic carbocycles. The van der Waals surface area contributed by atoms with E-state index < -0.39 is 0 Å². The average Bonchev–Trinajstić information content (AvgIpc) is 3.27. The number of hydrogen-bond acceptors (Lipinski definition) is 5. The quantitative estimate of drug-likeness (QED) is 0.590. The van der Waals surface area contributed by atoms with Crippen molar-refractivity contribution in [2.24, 2.45) is 5.84 Å². The summed E-state index contributed by atoms with van der Waals surface area (Å²) in [5.41, 5.74) is 4.76. The van der Waals surface area contributed by atoms with E-state index in [4.69, 9.17) is 5.84 Å². The zero-order valence-electron chi connectivity index (χ0n) is 11.2. The summed E-state index contributed by atoms with van der Waals surface area (Å²) in [6.45, 7) is 2.05. The third-order valence-corrected chi connectivity index (χ3v) is 4.15. The smallest absolute Gasteiger partial charge is 0.145 e. The van der Waals surface area contributed by atoms with Crippen molar-refractivity contribution in [3.8, 4) is 0 Å². The molecule has 0 amide bonds. The van der Waals surface area contributed by atoms with E-state index in [0.717, 1.165) is 34.6 Å². The van der Waals surface area contributed by atoms with Crippen LogP contribution in [0.1, 0.15) is 30.1 Å². The molecule has 0 unspecified atom stereocenters. The molecule has 4 N–H and O–H groups in total. The largest absolute Gasteiger partial charge is 0.340 e. The summed E-state index contributed by atoms with van der Waals surface area (Å²) in [4.78, 5) is 8.95. The van der Waals surface area contributed by atoms with E-state index in [-0.39, 0.29) is 0 Å². The van der Waals surface area contributed by atoms with Crippen molar-refractivity contribution in [3.63, 3.8) is 0 Å². The van der Waals surface area contributed by atoms with Crippen LogP contribution in [0.3, 0.4) is 0 Å². The van der Waals surface area contributed by atoms with Gasteiger partial charge < -0.3 is 10.7 Å². The van der Waals surface area contributed by atoms with E-state index in [9.17, 15) is 0 Å². The first kappa shape index (κ1) is 13.3. The molecule has 0 saturated heterocycles. The topological polar surface area (TPSA) is 75.9 Å². The summed E-state index contributed by atoms with van der Waals surface area (Å²) in [7, 11) is 0. The van der Waals surface area contributed by atoms with Crippen molar-refractivity contribution in [1.82, 2.24) is 9.97 Å². The average molecular weight is 334 g/mol. The summed E-state index contributed by atoms with van der Waals surface area (Å²) in [5.74, 6) is 8.21. The molecule has 1 heterocycles. The summed E-state index contributed by atoms with van der Waals surface area (Å²) in [6.07, 6.45) is 2.32. The molecule has 3 rings (SSSR count). The van der Waals surface area contributed by atoms with Crippen LogP contribution in [0.25, 0.3) is 0 Å². The lowest BCUT2D eigenvalue weighted by atomic mass is 10.2. The van der Waals surface area contributed by atoms with Crippen LogP contribution >= 0.6 is 15.9 Å². The number of nitrogens with two attached hydrogens (primary N) is 1. The van der Waals surface area contributed by atoms with E-state index in [1.807, 2.05) is 18.2 Å². The van der Waals surface area contributed by atoms with Crippen molar-refractivity contribution in [2.75, 3.05) is 10.7 Å². The SMILES string of the molecule is Cc1cc(Nc2cc(NN)nc(C3CC3)n2)ccc1Br. The Balaban J connectivity index is 1.88. The molecule has 1 aromatic heterocycles. The number of halogens is 1. The van der Waals surface area contributed by atoms with E-state index in [0.29, 0.717) is 11.7 Å². The first-order valence-corrected chi connectivity index (χ1v) is 7.34. The fourth-order valence-corrected chi connectivity index (χ4v) is 2.24. The number of hydrogen-bond donors (Lipinski definition) is 3. The van der Waals surface area contributed by atoms with Crippen molar-refractivity contribution >= 4 is 33.3 Å². The number of nitrogen functional groups attached to an aromatic ring is 1. The van der Waals surface area contributed by atoms with E-state index in [2.05, 4.69) is 49.6 Å². The highest BCUT2D eigenvalue weighted by Gasteiger charge is 2.27. The lowest BCUT2D eigenvalue weighted by Gasteiger charge is -2.10. The van der Waals surface area contributed by atoms with Gasteiger partial charge in [-0.05, 0) is 43.5 Å². The van der Waals surface area contributed by atoms with Crippen LogP contribution in [-0.2, 0) is 0 Å². The third-order valence-electron chi connectivity index (χ3n) is 3.26. The molecule has 0 bridgehead atoms. The molecule has 0 aliphatic heterocycles. The lowest BCUT2D eigenvalue weighted by molar-refractivity contribution is 0.929. The number of nitrogens with zero attached hydrogens (tertiary/aromatic N) is 2. The minimum Gasteiger partial charge on any atom is -0.340 e. The molecule has 2 aromatic rings. The Hall–Kier alpha value is -1.66. The molecule has 1 fully saturated rings. The second-order valence-electron chi connectivity index (χ2n) is 5.00. The summed E-state index contributed by atoms with van der Waals surface area (Å²) < 4.78 is 1.09. The van der Waals surface area contributed by atoms with Gasteiger partial charge in [0.05, 0.1) is 0 Å². The van der Waals surface area contributed by atoms with Gasteiger partial charge in [0.1, 0.15) is 17.5 Å². The van der Waals surface area contributed by atoms with Crippen molar-refractivity contribution < 1.29 is 0 Å². The molecule has 104 valence electrons. The summed E-state index contributed by atoms with van der Waals surface area (Å²) >= 11 is 3.50. The van der Waals surface area contributed by atoms with Crippen LogP contribution in [0, 0.1) is 6.92 Å². The number of aryl methyl sites for hydroxylation is 1. The maximum atomic E-state index is 5.47. The first-order valence-electron chi connectivity index (χ1n) is 6.54. The Morgan fingerprint density at radius 3 is 2.60 bits per heavy atom. The molecule has 20 heavy (non-hydrogen) atoms. The highest BCUT2D eigenvalue weighted by atomic mass is 79.9. The van der Waals surface area contributed by atoms with Crippen LogP contribution < -0.4 is 16.6 Å². The molecule has 6 heteroatoms. The van der Waals surface area contributed by atoms with E-state index >= 15 is 0 Å². The summed E-state index contributed by atoms with van der Waals surface area (Å²) in [5, 5.41) is 3.30. The molecule has 0 atom stereocenters. The zero-order chi connectivity index (χ0) is 14.1. The van der Waals surface area contributed by atoms with Gasteiger partial charge in [0.2, 0.25) is 0 Å². The molecule has 5 nitrogen and oxygen atoms in total. The van der Waals surface area contributed by atoms with Crippen LogP contribution in [-0.4, -0.2) is 9.97 Å². The molecular formula is C14H16BrN5. The van der Waals surface area contributed by atoms with Gasteiger partial charge in [-0.1, -0.05) is 15.9 Å². The lowest BCUT2D eigenvalue weighted by Crippen LogP contribution is -2.11. The maximum absolute atomic E-state index is 5.47. The Morgan fingerprint density at radius 1 is 1.20 bits per heavy atom. The Bertz CT molecular complexity index is 639. The van der Waals surface area contributed by atoms with Gasteiger partial charge in [0.15, 0.2) is 0 Å². The number of aromatic nitrogens is 2. The van der Waals surface area contributed by atoms with Crippen molar-refractivity contribution in [2.45, 2.75) is 25.7 Å². The molecule has 1 saturated carbocycles. The molecular weight excluding hydrogens is 318 g/mol. The normalized spacial score (nSPS) is 14.2. The second kappa shape index (κ2) is 5.38. The first-order chi connectivity index (χ1) is 9.65. The monoisotopic (exact) mass is 333 g/mol. The molecule has 0 radical (unpaired) electrons. The van der Waals surface area contributed by atoms with Gasteiger partial charge in [-0.25, -0.2) is 15.8 Å². The number of rotatable bonds is 4. The minimum absolute atomic E-state index is 0.482. The fraction of sp³-hybridized carbons (Fsp3) is 0.286. The van der Waals surface area contributed by atoms with Gasteiger partial charge in [0.25, 0.3) is 0 Å². The Kier molecular flexibility index (Phi) is 3.58. The van der Waals surface area contributed by atoms with E-state index in [1.165, 1.54) is 5.56 Å². The predicted molar refractivity (Wildman–Crippen MR) is 84.0 cm³/mol. The standard InChI is InChI=1S/C14H16BrN5/c1-8-6-10(4-5-11(8)15)17-12-7-13(20-16)19-14(18-12)9-2-3-9/h4-7,9H,2-3,16H2,1H3,(H2,17,18,19,20).